The third-order valence-corrected chi connectivity index (χ3v) is 13.4. The Morgan fingerprint density at radius 2 is 0.966 bits per heavy atom. The van der Waals surface area contributed by atoms with Gasteiger partial charge >= 0.3 is 17.1 Å². The maximum absolute atomic E-state index is 13.8. The van der Waals surface area contributed by atoms with Crippen LogP contribution in [0.15, 0.2) is 165 Å². The molecule has 4 aromatic carbocycles. The minimum absolute atomic E-state index is 0.0365. The molecule has 0 fully saturated rings. The second kappa shape index (κ2) is 27.8. The van der Waals surface area contributed by atoms with E-state index in [0.717, 1.165) is 62.2 Å². The van der Waals surface area contributed by atoms with Gasteiger partial charge in [0.1, 0.15) is 23.8 Å². The first-order chi connectivity index (χ1) is 42.4. The number of pyridine rings is 5. The van der Waals surface area contributed by atoms with Gasteiger partial charge in [-0.15, -0.1) is 0 Å². The van der Waals surface area contributed by atoms with E-state index >= 15 is 0 Å². The van der Waals surface area contributed by atoms with Gasteiger partial charge in [-0.1, -0.05) is 66.7 Å². The Kier molecular flexibility index (Phi) is 19.2. The lowest BCUT2D eigenvalue weighted by Gasteiger charge is -2.12. The van der Waals surface area contributed by atoms with Crippen LogP contribution in [-0.2, 0) is 26.2 Å². The number of halogens is 5. The van der Waals surface area contributed by atoms with Gasteiger partial charge in [0, 0.05) is 72.8 Å². The topological polar surface area (TPSA) is 354 Å². The SMILES string of the molecule is Cc1ccc(CNC(=O)c2cc(C#N)cnc2NCc2ccc(-c3cnc4[nH]c(=O)[nH]c4c3)cc2)cc1F.N#Cc1cnc(F)c(C(=O)NCc2ccc(F)c(F)c2)c1.NCc1ccc(-c2cnc3[nH]c(=O)[nH]c3c2)cc1.O=c1[nH]c2cc(Br)cnc2[nH]1. The van der Waals surface area contributed by atoms with Crippen molar-refractivity contribution >= 4 is 67.1 Å². The molecule has 11 N–H and O–H groups in total. The summed E-state index contributed by atoms with van der Waals surface area (Å²) in [7, 11) is 0. The van der Waals surface area contributed by atoms with E-state index in [1.807, 2.05) is 66.7 Å². The standard InChI is InChI=1S/C28H22FN7O2.C14H8F3N3O.C13H12N4O.C6H4BrN3O/c1-16-2-3-18(9-23(16)29)13-34-27(37)22-8-19(11-30)14-32-25(22)31-12-17-4-6-20(7-5-17)21-10-24-26(33-15-21)36-28(38)35-24;15-11-2-1-8(4-12(11)16)6-20-14(21)10-3-9(5-18)7-19-13(10)17;14-6-8-1-3-9(4-2-8)10-5-11-12(15-7-10)17-13(18)16-11;7-3-1-4-5(8-2-3)10-6(11)9-4/h2-10,14-15H,12-13H2,1H3,(H,31,32)(H,34,37)(H2,33,35,36,38);1-4,7H,6H2,(H,20,21);1-5,7H,6,14H2,(H2,15,16,17,18);1-2H,(H2,8,9,10,11). The summed E-state index contributed by atoms with van der Waals surface area (Å²) in [6, 6.07) is 35.4. The number of aromatic amines is 6. The van der Waals surface area contributed by atoms with Gasteiger partial charge in [0.15, 0.2) is 28.6 Å². The number of amides is 2. The Morgan fingerprint density at radius 3 is 1.49 bits per heavy atom. The fraction of sp³-hybridized carbons (Fsp3) is 0.0820. The molecule has 22 nitrogen and oxygen atoms in total. The number of imidazole rings is 3. The van der Waals surface area contributed by atoms with Gasteiger partial charge in [0.05, 0.1) is 38.8 Å². The highest BCUT2D eigenvalue weighted by Crippen LogP contribution is 2.24. The molecule has 12 aromatic rings. The maximum Gasteiger partial charge on any atom is 0.325 e. The van der Waals surface area contributed by atoms with Crippen molar-refractivity contribution in [1.29, 1.82) is 10.5 Å². The highest BCUT2D eigenvalue weighted by molar-refractivity contribution is 9.10. The van der Waals surface area contributed by atoms with Crippen LogP contribution in [0, 0.1) is 53.0 Å². The zero-order chi connectivity index (χ0) is 62.4. The summed E-state index contributed by atoms with van der Waals surface area (Å²) >= 11 is 3.24. The van der Waals surface area contributed by atoms with Crippen molar-refractivity contribution in [2.24, 2.45) is 5.73 Å². The number of nitrogens with one attached hydrogen (secondary N) is 9. The van der Waals surface area contributed by atoms with Gasteiger partial charge in [-0.05, 0) is 110 Å². The van der Waals surface area contributed by atoms with E-state index in [1.54, 1.807) is 49.8 Å². The smallest absolute Gasteiger partial charge is 0.325 e. The summed E-state index contributed by atoms with van der Waals surface area (Å²) in [5.41, 5.74) is 15.9. The number of carbonyl (C=O) groups excluding carboxylic acids is 2. The summed E-state index contributed by atoms with van der Waals surface area (Å²) < 4.78 is 53.8. The van der Waals surface area contributed by atoms with Crippen molar-refractivity contribution in [3.63, 3.8) is 0 Å². The van der Waals surface area contributed by atoms with E-state index in [1.165, 1.54) is 24.4 Å². The first kappa shape index (κ1) is 60.9. The van der Waals surface area contributed by atoms with Crippen molar-refractivity contribution in [2.75, 3.05) is 5.32 Å². The first-order valence-electron chi connectivity index (χ1n) is 26.2. The summed E-state index contributed by atoms with van der Waals surface area (Å²) in [5, 5.41) is 26.2. The molecule has 0 unspecified atom stereocenters. The summed E-state index contributed by atoms with van der Waals surface area (Å²) in [5.74, 6) is -4.30. The number of fused-ring (bicyclic) bond motifs is 3. The first-order valence-corrected chi connectivity index (χ1v) is 26.9. The van der Waals surface area contributed by atoms with Gasteiger partial charge in [-0.2, -0.15) is 14.9 Å². The Labute approximate surface area is 502 Å². The lowest BCUT2D eigenvalue weighted by Crippen LogP contribution is -2.24. The van der Waals surface area contributed by atoms with Crippen molar-refractivity contribution in [3.05, 3.63) is 256 Å². The van der Waals surface area contributed by atoms with Crippen molar-refractivity contribution in [1.82, 2.24) is 65.5 Å². The van der Waals surface area contributed by atoms with Crippen LogP contribution in [0.1, 0.15) is 59.7 Å². The van der Waals surface area contributed by atoms with Gasteiger partial charge in [0.2, 0.25) is 5.95 Å². The average Bonchev–Trinajstić information content (AvgIpc) is 2.88. The number of nitrogens with zero attached hydrogens (tertiary/aromatic N) is 7. The zero-order valence-corrected chi connectivity index (χ0v) is 47.4. The Bertz CT molecular complexity index is 4820. The number of benzene rings is 4. The molecule has 0 bridgehead atoms. The number of H-pyrrole nitrogens is 6. The van der Waals surface area contributed by atoms with Crippen LogP contribution in [0.3, 0.4) is 0 Å². The highest BCUT2D eigenvalue weighted by Gasteiger charge is 2.17. The second-order valence-electron chi connectivity index (χ2n) is 19.1. The molecule has 8 heterocycles. The Hall–Kier alpha value is -11.7. The number of hydrogen-bond donors (Lipinski definition) is 10. The largest absolute Gasteiger partial charge is 0.365 e. The molecule has 2 amide bonds. The third-order valence-electron chi connectivity index (χ3n) is 12.9. The normalized spacial score (nSPS) is 10.6. The summed E-state index contributed by atoms with van der Waals surface area (Å²) in [6.45, 7) is 2.59. The molecule has 0 aliphatic carbocycles. The molecule has 0 saturated heterocycles. The predicted octanol–water partition coefficient (Wildman–Crippen LogP) is 8.87. The van der Waals surface area contributed by atoms with E-state index < -0.39 is 35.0 Å². The number of anilines is 1. The van der Waals surface area contributed by atoms with E-state index in [2.05, 4.69) is 86.7 Å². The molecule has 0 saturated carbocycles. The van der Waals surface area contributed by atoms with Gasteiger partial charge in [-0.25, -0.2) is 52.5 Å². The second-order valence-corrected chi connectivity index (χ2v) is 20.0. The number of rotatable bonds is 12. The molecule has 0 aliphatic rings. The van der Waals surface area contributed by atoms with Crippen LogP contribution >= 0.6 is 15.9 Å². The van der Waals surface area contributed by atoms with Crippen LogP contribution in [0.25, 0.3) is 55.7 Å². The van der Waals surface area contributed by atoms with Crippen LogP contribution in [-0.4, -0.2) is 66.6 Å². The van der Waals surface area contributed by atoms with Crippen LogP contribution in [0.5, 0.6) is 0 Å². The average molecular weight is 1250 g/mol. The van der Waals surface area contributed by atoms with Gasteiger partial charge in [0.25, 0.3) is 11.8 Å². The molecule has 88 heavy (non-hydrogen) atoms. The van der Waals surface area contributed by atoms with E-state index in [0.29, 0.717) is 69.1 Å². The third kappa shape index (κ3) is 15.5. The number of nitrogens with two attached hydrogens (primary N) is 1. The summed E-state index contributed by atoms with van der Waals surface area (Å²) in [4.78, 5) is 93.9. The number of aromatic nitrogens is 11. The van der Waals surface area contributed by atoms with Crippen molar-refractivity contribution in [3.8, 4) is 34.4 Å². The fourth-order valence-corrected chi connectivity index (χ4v) is 8.68. The Morgan fingerprint density at radius 1 is 0.500 bits per heavy atom. The Balaban J connectivity index is 0.000000155. The molecule has 0 aliphatic heterocycles. The van der Waals surface area contributed by atoms with Crippen molar-refractivity contribution in [2.45, 2.75) is 33.1 Å². The fourth-order valence-electron chi connectivity index (χ4n) is 8.35. The number of nitriles is 2. The van der Waals surface area contributed by atoms with Crippen LogP contribution in [0.4, 0.5) is 23.4 Å². The van der Waals surface area contributed by atoms with Crippen molar-refractivity contribution < 1.29 is 27.2 Å². The molecular weight excluding hydrogens is 1210 g/mol. The number of hydrogen-bond acceptors (Lipinski definition) is 14. The monoisotopic (exact) mass is 1250 g/mol. The molecule has 8 aromatic heterocycles. The lowest BCUT2D eigenvalue weighted by atomic mass is 10.1. The zero-order valence-electron chi connectivity index (χ0n) is 45.8. The highest BCUT2D eigenvalue weighted by atomic mass is 79.9. The molecule has 440 valence electrons. The molecule has 27 heteroatoms. The lowest BCUT2D eigenvalue weighted by molar-refractivity contribution is 0.0940. The van der Waals surface area contributed by atoms with Crippen LogP contribution < -0.4 is 38.8 Å². The number of aryl methyl sites for hydroxylation is 1. The van der Waals surface area contributed by atoms with Gasteiger partial charge < -0.3 is 36.6 Å². The molecule has 12 rings (SSSR count). The summed E-state index contributed by atoms with van der Waals surface area (Å²) in [6.07, 6.45) is 7.46. The molecular formula is C61H46BrF4N17O5. The quantitative estimate of drug-likeness (QED) is 0.0403. The predicted molar refractivity (Wildman–Crippen MR) is 322 cm³/mol. The van der Waals surface area contributed by atoms with Crippen LogP contribution in [0.2, 0.25) is 0 Å². The molecule has 0 radical (unpaired) electrons. The van der Waals surface area contributed by atoms with E-state index in [4.69, 9.17) is 11.0 Å². The number of carbonyl (C=O) groups is 2. The minimum Gasteiger partial charge on any atom is -0.365 e. The maximum atomic E-state index is 13.8. The van der Waals surface area contributed by atoms with E-state index in [-0.39, 0.29) is 52.7 Å². The molecule has 0 spiro atoms. The molecule has 0 atom stereocenters. The minimum atomic E-state index is -1.04. The van der Waals surface area contributed by atoms with E-state index in [9.17, 15) is 46.8 Å². The van der Waals surface area contributed by atoms with Gasteiger partial charge in [-0.3, -0.25) is 24.5 Å².